The summed E-state index contributed by atoms with van der Waals surface area (Å²) >= 11 is 0. The summed E-state index contributed by atoms with van der Waals surface area (Å²) in [4.78, 5) is 79.6. The second kappa shape index (κ2) is 18.9. The van der Waals surface area contributed by atoms with E-state index < -0.39 is 17.2 Å². The molecule has 0 saturated carbocycles. The molecule has 0 N–H and O–H groups in total. The van der Waals surface area contributed by atoms with Gasteiger partial charge < -0.3 is 18.9 Å². The van der Waals surface area contributed by atoms with E-state index in [1.54, 1.807) is 84.9 Å². The third-order valence-corrected chi connectivity index (χ3v) is 14.2. The van der Waals surface area contributed by atoms with Gasteiger partial charge in [-0.15, -0.1) is 0 Å². The second-order valence-electron chi connectivity index (χ2n) is 19.6. The van der Waals surface area contributed by atoms with Crippen LogP contribution in [0.3, 0.4) is 0 Å². The number of nitrogens with zero attached hydrogens (tertiary/aromatic N) is 3. The van der Waals surface area contributed by atoms with E-state index in [2.05, 4.69) is 27.7 Å². The van der Waals surface area contributed by atoms with E-state index in [9.17, 15) is 28.8 Å². The fourth-order valence-electron chi connectivity index (χ4n) is 9.54. The van der Waals surface area contributed by atoms with E-state index in [0.29, 0.717) is 68.5 Å². The first-order chi connectivity index (χ1) is 36.5. The van der Waals surface area contributed by atoms with E-state index in [4.69, 9.17) is 18.9 Å². The first-order valence-corrected chi connectivity index (χ1v) is 24.4. The lowest BCUT2D eigenvalue weighted by Gasteiger charge is -2.26. The zero-order valence-electron chi connectivity index (χ0n) is 41.9. The maximum absolute atomic E-state index is 13.8. The lowest BCUT2D eigenvalue weighted by atomic mass is 9.78. The SMILES string of the molecule is CN1C(=O)c2ccc(Oc3ccc(C(C)(C)c4ccc(Oc5ccc6c(c5)C(=O)N(c5ccc(Oc7ccc(C(C)(C)c8ccc(Oc9ccc(N%10C(=O)C=CC%10=O)cc9)cc8)cc7)cc5)C6=O)cc4)cc3)cc2C1=O. The van der Waals surface area contributed by atoms with Crippen LogP contribution in [0, 0.1) is 0 Å². The quantitative estimate of drug-likeness (QED) is 0.0964. The molecule has 0 aliphatic carbocycles. The standard InChI is InChI=1S/C63H47N3O10/c1-62(2,38-6-18-44(19-7-38)73-48-26-14-42(15-27-48)65-56(67)34-35-57(65)68)39-8-20-45(21-9-39)74-49-28-16-43(17-29-49)66-60(71)53-33-31-51(37-55(53)61(66)72)76-47-24-12-41(13-25-47)63(3,4)40-10-22-46(23-11-40)75-50-30-32-52-54(36-50)59(70)64(5)58(52)69/h6-37H,1-5H3. The molecule has 13 nitrogen and oxygen atoms in total. The molecule has 0 fully saturated rings. The number of hydrogen-bond acceptors (Lipinski definition) is 10. The van der Waals surface area contributed by atoms with Crippen molar-refractivity contribution in [3.63, 3.8) is 0 Å². The summed E-state index contributed by atoms with van der Waals surface area (Å²) in [5, 5.41) is 0. The highest BCUT2D eigenvalue weighted by molar-refractivity contribution is 6.34. The summed E-state index contributed by atoms with van der Waals surface area (Å²) in [6, 6.07) is 54.4. The molecule has 3 aliphatic rings. The minimum Gasteiger partial charge on any atom is -0.457 e. The fraction of sp³-hybridized carbons (Fsp3) is 0.111. The van der Waals surface area contributed by atoms with Crippen LogP contribution in [-0.2, 0) is 20.4 Å². The van der Waals surface area contributed by atoms with E-state index >= 15 is 0 Å². The summed E-state index contributed by atoms with van der Waals surface area (Å²) in [5.74, 6) is 2.04. The average Bonchev–Trinajstić information content (AvgIpc) is 3.98. The summed E-state index contributed by atoms with van der Waals surface area (Å²) in [6.45, 7) is 8.50. The molecular formula is C63H47N3O10. The van der Waals surface area contributed by atoms with Gasteiger partial charge in [-0.2, -0.15) is 0 Å². The van der Waals surface area contributed by atoms with Crippen LogP contribution in [0.5, 0.6) is 46.0 Å². The van der Waals surface area contributed by atoms with Crippen molar-refractivity contribution in [1.82, 2.24) is 4.90 Å². The van der Waals surface area contributed by atoms with Crippen molar-refractivity contribution in [1.29, 1.82) is 0 Å². The second-order valence-corrected chi connectivity index (χ2v) is 19.6. The Kier molecular flexibility index (Phi) is 12.0. The minimum atomic E-state index is -0.459. The van der Waals surface area contributed by atoms with Crippen LogP contribution in [0.25, 0.3) is 0 Å². The molecule has 6 amide bonds. The molecule has 3 aliphatic heterocycles. The Morgan fingerprint density at radius 1 is 0.303 bits per heavy atom. The minimum absolute atomic E-state index is 0.241. The molecule has 3 heterocycles. The van der Waals surface area contributed by atoms with Crippen LogP contribution in [0.15, 0.2) is 194 Å². The van der Waals surface area contributed by atoms with Crippen LogP contribution in [0.1, 0.15) is 91.4 Å². The van der Waals surface area contributed by atoms with Crippen LogP contribution >= 0.6 is 0 Å². The molecule has 13 heteroatoms. The van der Waals surface area contributed by atoms with Gasteiger partial charge in [0.05, 0.1) is 33.6 Å². The maximum Gasteiger partial charge on any atom is 0.266 e. The molecule has 0 aromatic heterocycles. The number of hydrogen-bond donors (Lipinski definition) is 0. The molecule has 11 rings (SSSR count). The monoisotopic (exact) mass is 1010 g/mol. The molecular weight excluding hydrogens is 959 g/mol. The number of carbonyl (C=O) groups is 6. The third-order valence-electron chi connectivity index (χ3n) is 14.2. The van der Waals surface area contributed by atoms with Crippen molar-refractivity contribution < 1.29 is 47.7 Å². The molecule has 0 bridgehead atoms. The molecule has 76 heavy (non-hydrogen) atoms. The Labute approximate surface area is 437 Å². The topological polar surface area (TPSA) is 149 Å². The zero-order chi connectivity index (χ0) is 53.0. The summed E-state index contributed by atoms with van der Waals surface area (Å²) in [7, 11) is 1.46. The molecule has 0 saturated heterocycles. The Morgan fingerprint density at radius 2 is 0.566 bits per heavy atom. The number of anilines is 2. The summed E-state index contributed by atoms with van der Waals surface area (Å²) < 4.78 is 24.5. The average molecular weight is 1010 g/mol. The molecule has 0 radical (unpaired) electrons. The van der Waals surface area contributed by atoms with E-state index in [0.717, 1.165) is 37.0 Å². The van der Waals surface area contributed by atoms with Crippen molar-refractivity contribution in [2.75, 3.05) is 16.8 Å². The van der Waals surface area contributed by atoms with Crippen molar-refractivity contribution in [3.8, 4) is 46.0 Å². The zero-order valence-corrected chi connectivity index (χ0v) is 41.9. The largest absolute Gasteiger partial charge is 0.457 e. The van der Waals surface area contributed by atoms with Crippen molar-refractivity contribution in [3.05, 3.63) is 239 Å². The highest BCUT2D eigenvalue weighted by Crippen LogP contribution is 2.39. The number of imide groups is 3. The number of rotatable bonds is 14. The molecule has 0 atom stereocenters. The Balaban J connectivity index is 0.684. The van der Waals surface area contributed by atoms with Gasteiger partial charge in [0.15, 0.2) is 0 Å². The number of fused-ring (bicyclic) bond motifs is 2. The van der Waals surface area contributed by atoms with E-state index in [1.165, 1.54) is 19.2 Å². The summed E-state index contributed by atoms with van der Waals surface area (Å²) in [5.41, 5.74) is 5.53. The Hall–Kier alpha value is -9.88. The molecule has 8 aromatic rings. The van der Waals surface area contributed by atoms with Crippen LogP contribution in [0.2, 0.25) is 0 Å². The third kappa shape index (κ3) is 8.93. The van der Waals surface area contributed by atoms with Gasteiger partial charge in [-0.3, -0.25) is 33.7 Å². The first kappa shape index (κ1) is 48.4. The molecule has 0 spiro atoms. The number of benzene rings is 8. The fourth-order valence-corrected chi connectivity index (χ4v) is 9.54. The Bertz CT molecular complexity index is 3680. The van der Waals surface area contributed by atoms with Crippen LogP contribution in [-0.4, -0.2) is 47.4 Å². The summed E-state index contributed by atoms with van der Waals surface area (Å²) in [6.07, 6.45) is 2.50. The Morgan fingerprint density at radius 3 is 0.934 bits per heavy atom. The number of ether oxygens (including phenoxy) is 4. The molecule has 374 valence electrons. The first-order valence-electron chi connectivity index (χ1n) is 24.4. The highest BCUT2D eigenvalue weighted by atomic mass is 16.5. The highest BCUT2D eigenvalue weighted by Gasteiger charge is 2.38. The number of amides is 6. The number of carbonyl (C=O) groups excluding carboxylic acids is 6. The van der Waals surface area contributed by atoms with Gasteiger partial charge in [-0.05, 0) is 156 Å². The predicted octanol–water partition coefficient (Wildman–Crippen LogP) is 13.0. The molecule has 8 aromatic carbocycles. The smallest absolute Gasteiger partial charge is 0.266 e. The van der Waals surface area contributed by atoms with Gasteiger partial charge in [0.25, 0.3) is 35.4 Å². The van der Waals surface area contributed by atoms with Gasteiger partial charge >= 0.3 is 0 Å². The van der Waals surface area contributed by atoms with Crippen LogP contribution in [0.4, 0.5) is 11.4 Å². The van der Waals surface area contributed by atoms with Gasteiger partial charge in [0, 0.05) is 30.0 Å². The normalized spacial score (nSPS) is 14.1. The van der Waals surface area contributed by atoms with E-state index in [-0.39, 0.29) is 40.2 Å². The van der Waals surface area contributed by atoms with Crippen molar-refractivity contribution in [2.45, 2.75) is 38.5 Å². The van der Waals surface area contributed by atoms with Crippen molar-refractivity contribution in [2.24, 2.45) is 0 Å². The predicted molar refractivity (Wildman–Crippen MR) is 285 cm³/mol. The van der Waals surface area contributed by atoms with Gasteiger partial charge in [-0.25, -0.2) is 9.80 Å². The lowest BCUT2D eigenvalue weighted by Crippen LogP contribution is -2.29. The molecule has 0 unspecified atom stereocenters. The maximum atomic E-state index is 13.8. The van der Waals surface area contributed by atoms with Gasteiger partial charge in [-0.1, -0.05) is 76.2 Å². The van der Waals surface area contributed by atoms with E-state index in [1.807, 2.05) is 97.1 Å². The van der Waals surface area contributed by atoms with Crippen LogP contribution < -0.4 is 28.7 Å². The van der Waals surface area contributed by atoms with Crippen molar-refractivity contribution >= 4 is 46.8 Å². The lowest BCUT2D eigenvalue weighted by molar-refractivity contribution is -0.120. The van der Waals surface area contributed by atoms with Gasteiger partial charge in [0.1, 0.15) is 46.0 Å². The van der Waals surface area contributed by atoms with Gasteiger partial charge in [0.2, 0.25) is 0 Å².